The highest BCUT2D eigenvalue weighted by Crippen LogP contribution is 2.38. The summed E-state index contributed by atoms with van der Waals surface area (Å²) < 4.78 is 19.3. The van der Waals surface area contributed by atoms with Crippen LogP contribution in [0.15, 0.2) is 55.8 Å². The molecule has 0 aliphatic carbocycles. The van der Waals surface area contributed by atoms with E-state index in [0.29, 0.717) is 56.5 Å². The van der Waals surface area contributed by atoms with Crippen LogP contribution in [0.1, 0.15) is 52.0 Å². The van der Waals surface area contributed by atoms with Crippen LogP contribution in [0.5, 0.6) is 11.5 Å². The zero-order valence-electron chi connectivity index (χ0n) is 23.6. The van der Waals surface area contributed by atoms with Crippen LogP contribution in [0, 0.1) is 0 Å². The number of methoxy groups -OCH3 is 2. The number of carbonyl (C=O) groups is 1. The van der Waals surface area contributed by atoms with Gasteiger partial charge in [-0.3, -0.25) is 14.2 Å². The van der Waals surface area contributed by atoms with Gasteiger partial charge in [0, 0.05) is 43.9 Å². The third kappa shape index (κ3) is 5.25. The molecule has 3 heterocycles. The number of amides is 1. The van der Waals surface area contributed by atoms with Crippen molar-refractivity contribution in [3.05, 3.63) is 72.6 Å². The van der Waals surface area contributed by atoms with Crippen molar-refractivity contribution in [2.75, 3.05) is 45.3 Å². The van der Waals surface area contributed by atoms with Crippen LogP contribution >= 0.6 is 11.3 Å². The number of likely N-dealkylation sites (N-methyl/N-ethyl adjacent to an activating group) is 1. The van der Waals surface area contributed by atoms with Crippen LogP contribution in [0.25, 0.3) is 6.08 Å². The molecule has 0 bridgehead atoms. The molecule has 1 aliphatic rings. The molecule has 9 nitrogen and oxygen atoms in total. The normalized spacial score (nSPS) is 15.2. The highest BCUT2D eigenvalue weighted by Gasteiger charge is 2.36. The van der Waals surface area contributed by atoms with Crippen LogP contribution in [0.4, 0.5) is 5.88 Å². The van der Waals surface area contributed by atoms with Gasteiger partial charge in [0.15, 0.2) is 10.7 Å². The first-order chi connectivity index (χ1) is 18.8. The van der Waals surface area contributed by atoms with Gasteiger partial charge in [0.1, 0.15) is 23.3 Å². The molecular weight excluding hydrogens is 516 g/mol. The fourth-order valence-electron chi connectivity index (χ4n) is 4.88. The van der Waals surface area contributed by atoms with Crippen LogP contribution in [0.2, 0.25) is 0 Å². The zero-order chi connectivity index (χ0) is 28.3. The van der Waals surface area contributed by atoms with Crippen molar-refractivity contribution in [3.8, 4) is 11.5 Å². The van der Waals surface area contributed by atoms with Crippen molar-refractivity contribution in [2.24, 2.45) is 4.99 Å². The number of anilines is 1. The SMILES string of the molecule is CCN(CC)C(=O)C1=C(C)N=c2s/c(=C/c3ccc(N(CC)CC)o3)c(=O)n2[C@@H]1c1cc(OC)ccc1OC. The first-order valence-corrected chi connectivity index (χ1v) is 14.0. The van der Waals surface area contributed by atoms with Gasteiger partial charge in [0.25, 0.3) is 11.5 Å². The van der Waals surface area contributed by atoms with Gasteiger partial charge in [0.2, 0.25) is 0 Å². The summed E-state index contributed by atoms with van der Waals surface area (Å²) in [4.78, 5) is 36.9. The summed E-state index contributed by atoms with van der Waals surface area (Å²) in [6.07, 6.45) is 1.74. The van der Waals surface area contributed by atoms with Crippen molar-refractivity contribution in [1.29, 1.82) is 0 Å². The number of fused-ring (bicyclic) bond motifs is 1. The Bertz CT molecular complexity index is 1560. The number of hydrogen-bond acceptors (Lipinski definition) is 8. The predicted molar refractivity (Wildman–Crippen MR) is 154 cm³/mol. The molecule has 0 spiro atoms. The number of aromatic nitrogens is 1. The molecule has 3 aromatic rings. The Morgan fingerprint density at radius 3 is 2.41 bits per heavy atom. The van der Waals surface area contributed by atoms with Crippen molar-refractivity contribution >= 4 is 29.2 Å². The molecule has 1 amide bonds. The number of carbonyl (C=O) groups excluding carboxylic acids is 1. The first kappa shape index (κ1) is 28.2. The summed E-state index contributed by atoms with van der Waals surface area (Å²) in [6, 6.07) is 8.41. The lowest BCUT2D eigenvalue weighted by Gasteiger charge is -2.30. The van der Waals surface area contributed by atoms with E-state index in [1.807, 2.05) is 39.0 Å². The Morgan fingerprint density at radius 1 is 1.08 bits per heavy atom. The van der Waals surface area contributed by atoms with Crippen LogP contribution < -0.4 is 29.3 Å². The van der Waals surface area contributed by atoms with Gasteiger partial charge in [-0.2, -0.15) is 0 Å². The number of thiazole rings is 1. The van der Waals surface area contributed by atoms with E-state index in [2.05, 4.69) is 18.7 Å². The van der Waals surface area contributed by atoms with Gasteiger partial charge < -0.3 is 23.7 Å². The summed E-state index contributed by atoms with van der Waals surface area (Å²) in [5.74, 6) is 2.30. The smallest absolute Gasteiger partial charge is 0.271 e. The number of ether oxygens (including phenoxy) is 2. The molecule has 10 heteroatoms. The molecule has 0 N–H and O–H groups in total. The summed E-state index contributed by atoms with van der Waals surface area (Å²) in [7, 11) is 3.15. The number of rotatable bonds is 10. The number of hydrogen-bond donors (Lipinski definition) is 0. The quantitative estimate of drug-likeness (QED) is 0.382. The van der Waals surface area contributed by atoms with Crippen molar-refractivity contribution in [2.45, 2.75) is 40.7 Å². The Kier molecular flexibility index (Phi) is 8.64. The van der Waals surface area contributed by atoms with Gasteiger partial charge in [-0.25, -0.2) is 4.99 Å². The lowest BCUT2D eigenvalue weighted by atomic mass is 9.93. The monoisotopic (exact) mass is 552 g/mol. The predicted octanol–water partition coefficient (Wildman–Crippen LogP) is 3.56. The van der Waals surface area contributed by atoms with E-state index in [0.717, 1.165) is 19.0 Å². The lowest BCUT2D eigenvalue weighted by Crippen LogP contribution is -2.43. The minimum absolute atomic E-state index is 0.166. The maximum Gasteiger partial charge on any atom is 0.271 e. The molecule has 0 unspecified atom stereocenters. The fraction of sp³-hybridized carbons (Fsp3) is 0.414. The second-order valence-corrected chi connectivity index (χ2v) is 10.0. The van der Waals surface area contributed by atoms with E-state index < -0.39 is 6.04 Å². The van der Waals surface area contributed by atoms with Gasteiger partial charge >= 0.3 is 0 Å². The van der Waals surface area contributed by atoms with E-state index in [-0.39, 0.29) is 11.5 Å². The van der Waals surface area contributed by atoms with Gasteiger partial charge in [-0.05, 0) is 58.9 Å². The number of furan rings is 1. The molecule has 0 saturated heterocycles. The average molecular weight is 553 g/mol. The maximum atomic E-state index is 14.0. The molecule has 0 radical (unpaired) electrons. The minimum Gasteiger partial charge on any atom is -0.497 e. The van der Waals surface area contributed by atoms with Crippen molar-refractivity contribution in [1.82, 2.24) is 9.47 Å². The highest BCUT2D eigenvalue weighted by atomic mass is 32.1. The van der Waals surface area contributed by atoms with E-state index >= 15 is 0 Å². The summed E-state index contributed by atoms with van der Waals surface area (Å²) in [6.45, 7) is 12.5. The van der Waals surface area contributed by atoms with Gasteiger partial charge in [0.05, 0.1) is 30.0 Å². The summed E-state index contributed by atoms with van der Waals surface area (Å²) in [5.41, 5.74) is 1.39. The molecule has 4 rings (SSSR count). The lowest BCUT2D eigenvalue weighted by molar-refractivity contribution is -0.127. The highest BCUT2D eigenvalue weighted by molar-refractivity contribution is 7.07. The molecule has 1 atom stereocenters. The molecule has 208 valence electrons. The third-order valence-electron chi connectivity index (χ3n) is 7.00. The van der Waals surface area contributed by atoms with Gasteiger partial charge in [-0.15, -0.1) is 0 Å². The summed E-state index contributed by atoms with van der Waals surface area (Å²) in [5, 5.41) is 0. The van der Waals surface area contributed by atoms with E-state index in [9.17, 15) is 9.59 Å². The maximum absolute atomic E-state index is 14.0. The number of benzene rings is 1. The summed E-state index contributed by atoms with van der Waals surface area (Å²) >= 11 is 1.27. The second kappa shape index (κ2) is 11.9. The fourth-order valence-corrected chi connectivity index (χ4v) is 5.90. The Hall–Kier alpha value is -3.79. The minimum atomic E-state index is -0.746. The molecule has 39 heavy (non-hydrogen) atoms. The third-order valence-corrected chi connectivity index (χ3v) is 7.98. The topological polar surface area (TPSA) is 89.5 Å². The van der Waals surface area contributed by atoms with E-state index in [1.54, 1.807) is 41.9 Å². The van der Waals surface area contributed by atoms with Crippen LogP contribution in [-0.4, -0.2) is 55.8 Å². The molecule has 1 aliphatic heterocycles. The van der Waals surface area contributed by atoms with E-state index in [4.69, 9.17) is 18.9 Å². The van der Waals surface area contributed by atoms with Crippen molar-refractivity contribution in [3.63, 3.8) is 0 Å². The van der Waals surface area contributed by atoms with Crippen molar-refractivity contribution < 1.29 is 18.7 Å². The first-order valence-electron chi connectivity index (χ1n) is 13.2. The number of nitrogens with zero attached hydrogens (tertiary/aromatic N) is 4. The Morgan fingerprint density at radius 2 is 1.79 bits per heavy atom. The van der Waals surface area contributed by atoms with E-state index in [1.165, 1.54) is 11.3 Å². The number of allylic oxidation sites excluding steroid dienone is 1. The zero-order valence-corrected chi connectivity index (χ0v) is 24.4. The Labute approximate surface area is 232 Å². The van der Waals surface area contributed by atoms with Gasteiger partial charge in [-0.1, -0.05) is 11.3 Å². The second-order valence-electron chi connectivity index (χ2n) is 9.02. The standard InChI is InChI=1S/C29H36N4O5S/c1-8-31(9-2)24-15-13-20(38-24)17-23-27(34)33-26(21-16-19(36-6)12-14-22(21)37-7)25(18(5)30-29(33)39-23)28(35)32(10-3)11-4/h12-17,26H,8-11H2,1-7H3/b23-17+/t26-/m1/s1. The molecule has 0 saturated carbocycles. The largest absolute Gasteiger partial charge is 0.497 e. The van der Waals surface area contributed by atoms with Crippen LogP contribution in [-0.2, 0) is 4.79 Å². The molecule has 2 aromatic heterocycles. The molecule has 1 aromatic carbocycles. The molecule has 0 fully saturated rings. The Balaban J connectivity index is 1.96. The average Bonchev–Trinajstić information content (AvgIpc) is 3.52. The molecular formula is C29H36N4O5S. The van der Waals surface area contributed by atoms with Crippen LogP contribution in [0.3, 0.4) is 0 Å².